The van der Waals surface area contributed by atoms with Crippen LogP contribution < -0.4 is 0 Å². The van der Waals surface area contributed by atoms with Crippen LogP contribution in [0.3, 0.4) is 0 Å². The highest BCUT2D eigenvalue weighted by Gasteiger charge is 2.45. The maximum atomic E-state index is 2.40. The van der Waals surface area contributed by atoms with E-state index in [1.807, 2.05) is 11.8 Å². The van der Waals surface area contributed by atoms with E-state index in [1.54, 1.807) is 0 Å². The number of hydrogen-bond acceptors (Lipinski definition) is 2. The van der Waals surface area contributed by atoms with Gasteiger partial charge in [-0.05, 0) is 19.6 Å². The van der Waals surface area contributed by atoms with Gasteiger partial charge in [0.2, 0.25) is 0 Å². The van der Waals surface area contributed by atoms with Gasteiger partial charge in [-0.3, -0.25) is 0 Å². The molecule has 0 amide bonds. The van der Waals surface area contributed by atoms with Crippen molar-refractivity contribution >= 4 is 23.5 Å². The maximum absolute atomic E-state index is 2.40. The van der Waals surface area contributed by atoms with Crippen molar-refractivity contribution in [1.29, 1.82) is 0 Å². The second-order valence-electron chi connectivity index (χ2n) is 3.10. The summed E-state index contributed by atoms with van der Waals surface area (Å²) in [5.41, 5.74) is 0. The Bertz CT molecular complexity index is 176. The second-order valence-corrected chi connectivity index (χ2v) is 6.31. The molecular formula is C8H12S2. The van der Waals surface area contributed by atoms with Crippen LogP contribution in [0.2, 0.25) is 0 Å². The molecule has 2 heteroatoms. The molecule has 0 radical (unpaired) electrons. The van der Waals surface area contributed by atoms with Gasteiger partial charge in [-0.25, -0.2) is 0 Å². The highest BCUT2D eigenvalue weighted by atomic mass is 32.2. The van der Waals surface area contributed by atoms with Gasteiger partial charge in [0.05, 0.1) is 4.08 Å². The first-order valence-electron chi connectivity index (χ1n) is 3.66. The van der Waals surface area contributed by atoms with Crippen LogP contribution >= 0.6 is 23.5 Å². The largest absolute Gasteiger partial charge is 0.147 e. The Morgan fingerprint density at radius 3 is 2.70 bits per heavy atom. The summed E-state index contributed by atoms with van der Waals surface area (Å²) in [7, 11) is 0. The molecule has 0 spiro atoms. The molecule has 1 saturated heterocycles. The number of allylic oxidation sites excluding steroid dienone is 1. The zero-order chi connectivity index (χ0) is 7.19. The summed E-state index contributed by atoms with van der Waals surface area (Å²) in [5, 5.41) is 0.836. The highest BCUT2D eigenvalue weighted by Crippen LogP contribution is 2.57. The van der Waals surface area contributed by atoms with Crippen LogP contribution in [-0.2, 0) is 0 Å². The van der Waals surface area contributed by atoms with Crippen LogP contribution in [0.1, 0.15) is 13.3 Å². The summed E-state index contributed by atoms with van der Waals surface area (Å²) in [4.78, 5) is 0. The molecule has 0 aromatic carbocycles. The van der Waals surface area contributed by atoms with Crippen molar-refractivity contribution in [2.24, 2.45) is 5.92 Å². The fourth-order valence-electron chi connectivity index (χ4n) is 1.73. The van der Waals surface area contributed by atoms with Gasteiger partial charge in [0.1, 0.15) is 0 Å². The normalized spacial score (nSPS) is 50.6. The zero-order valence-corrected chi connectivity index (χ0v) is 7.97. The van der Waals surface area contributed by atoms with Gasteiger partial charge >= 0.3 is 0 Å². The minimum Gasteiger partial charge on any atom is -0.147 e. The summed E-state index contributed by atoms with van der Waals surface area (Å²) in [6.07, 6.45) is 8.38. The van der Waals surface area contributed by atoms with Crippen LogP contribution in [0.4, 0.5) is 0 Å². The van der Waals surface area contributed by atoms with Crippen molar-refractivity contribution in [3.05, 3.63) is 12.2 Å². The Labute approximate surface area is 70.8 Å². The molecule has 10 heavy (non-hydrogen) atoms. The highest BCUT2D eigenvalue weighted by molar-refractivity contribution is 8.18. The van der Waals surface area contributed by atoms with Crippen LogP contribution in [0.15, 0.2) is 12.2 Å². The quantitative estimate of drug-likeness (QED) is 0.558. The monoisotopic (exact) mass is 172 g/mol. The van der Waals surface area contributed by atoms with Crippen LogP contribution in [0.25, 0.3) is 0 Å². The lowest BCUT2D eigenvalue weighted by molar-refractivity contribution is 0.634. The molecule has 2 rings (SSSR count). The van der Waals surface area contributed by atoms with Gasteiger partial charge in [-0.1, -0.05) is 12.2 Å². The number of thioether (sulfide) groups is 2. The van der Waals surface area contributed by atoms with E-state index in [0.717, 1.165) is 11.2 Å². The molecule has 0 nitrogen and oxygen atoms in total. The Kier molecular flexibility index (Phi) is 1.57. The van der Waals surface area contributed by atoms with Gasteiger partial charge in [-0.2, -0.15) is 0 Å². The predicted molar refractivity (Wildman–Crippen MR) is 50.5 cm³/mol. The molecule has 3 atom stereocenters. The lowest BCUT2D eigenvalue weighted by Crippen LogP contribution is -2.20. The summed E-state index contributed by atoms with van der Waals surface area (Å²) in [6.45, 7) is 2.37. The van der Waals surface area contributed by atoms with E-state index in [-0.39, 0.29) is 0 Å². The maximum Gasteiger partial charge on any atom is 0.0648 e. The molecule has 56 valence electrons. The number of fused-ring (bicyclic) bond motifs is 2. The molecule has 1 fully saturated rings. The van der Waals surface area contributed by atoms with E-state index in [0.29, 0.717) is 4.08 Å². The van der Waals surface area contributed by atoms with E-state index >= 15 is 0 Å². The van der Waals surface area contributed by atoms with Gasteiger partial charge in [0.15, 0.2) is 0 Å². The van der Waals surface area contributed by atoms with E-state index < -0.39 is 0 Å². The van der Waals surface area contributed by atoms with Gasteiger partial charge in [-0.15, -0.1) is 23.5 Å². The SMILES string of the molecule is CSC1(C)SC2C=CC1C2. The minimum absolute atomic E-state index is 0.499. The molecule has 1 aliphatic carbocycles. The molecular weight excluding hydrogens is 160 g/mol. The molecule has 1 aliphatic heterocycles. The zero-order valence-electron chi connectivity index (χ0n) is 6.33. The molecule has 0 aromatic heterocycles. The molecule has 0 saturated carbocycles. The van der Waals surface area contributed by atoms with Crippen molar-refractivity contribution < 1.29 is 0 Å². The van der Waals surface area contributed by atoms with Crippen LogP contribution in [0.5, 0.6) is 0 Å². The van der Waals surface area contributed by atoms with E-state index in [9.17, 15) is 0 Å². The Morgan fingerprint density at radius 1 is 1.60 bits per heavy atom. The Morgan fingerprint density at radius 2 is 2.40 bits per heavy atom. The summed E-state index contributed by atoms with van der Waals surface area (Å²) in [5.74, 6) is 0.845. The van der Waals surface area contributed by atoms with Crippen molar-refractivity contribution in [3.8, 4) is 0 Å². The third-order valence-electron chi connectivity index (χ3n) is 2.51. The third-order valence-corrected chi connectivity index (χ3v) is 5.83. The van der Waals surface area contributed by atoms with Crippen molar-refractivity contribution in [3.63, 3.8) is 0 Å². The van der Waals surface area contributed by atoms with Gasteiger partial charge in [0.25, 0.3) is 0 Å². The molecule has 0 N–H and O–H groups in total. The fraction of sp³-hybridized carbons (Fsp3) is 0.750. The summed E-state index contributed by atoms with van der Waals surface area (Å²) < 4.78 is 0.499. The first kappa shape index (κ1) is 7.11. The molecule has 3 unspecified atom stereocenters. The third kappa shape index (κ3) is 0.850. The minimum atomic E-state index is 0.499. The predicted octanol–water partition coefficient (Wildman–Crippen LogP) is 2.76. The van der Waals surface area contributed by atoms with E-state index in [1.165, 1.54) is 6.42 Å². The average Bonchev–Trinajstić information content (AvgIpc) is 2.46. The van der Waals surface area contributed by atoms with Crippen LogP contribution in [-0.4, -0.2) is 15.6 Å². The Balaban J connectivity index is 2.22. The van der Waals surface area contributed by atoms with Crippen molar-refractivity contribution in [1.82, 2.24) is 0 Å². The number of rotatable bonds is 1. The first-order chi connectivity index (χ1) is 4.74. The standard InChI is InChI=1S/C8H12S2/c1-8(9-2)6-3-4-7(5-6)10-8/h3-4,6-7H,5H2,1-2H3. The molecule has 2 aliphatic rings. The van der Waals surface area contributed by atoms with E-state index in [2.05, 4.69) is 37.1 Å². The molecule has 1 heterocycles. The van der Waals surface area contributed by atoms with Crippen molar-refractivity contribution in [2.45, 2.75) is 22.7 Å². The average molecular weight is 172 g/mol. The molecule has 0 aromatic rings. The summed E-state index contributed by atoms with van der Waals surface area (Å²) in [6, 6.07) is 0. The molecule has 2 bridgehead atoms. The lowest BCUT2D eigenvalue weighted by atomic mass is 10.1. The van der Waals surface area contributed by atoms with Crippen molar-refractivity contribution in [2.75, 3.05) is 6.26 Å². The smallest absolute Gasteiger partial charge is 0.0648 e. The van der Waals surface area contributed by atoms with Gasteiger partial charge in [0, 0.05) is 11.2 Å². The topological polar surface area (TPSA) is 0 Å². The fourth-order valence-corrected chi connectivity index (χ4v) is 4.39. The lowest BCUT2D eigenvalue weighted by Gasteiger charge is -2.27. The number of hydrogen-bond donors (Lipinski definition) is 0. The van der Waals surface area contributed by atoms with Gasteiger partial charge < -0.3 is 0 Å². The second kappa shape index (κ2) is 2.21. The summed E-state index contributed by atoms with van der Waals surface area (Å²) >= 11 is 4.15. The Hall–Kier alpha value is 0.440. The van der Waals surface area contributed by atoms with Crippen LogP contribution in [0, 0.1) is 5.92 Å². The van der Waals surface area contributed by atoms with E-state index in [4.69, 9.17) is 0 Å². The first-order valence-corrected chi connectivity index (χ1v) is 5.76.